The summed E-state index contributed by atoms with van der Waals surface area (Å²) >= 11 is 0. The summed E-state index contributed by atoms with van der Waals surface area (Å²) in [6, 6.07) is 1.85. The Morgan fingerprint density at radius 3 is 2.09 bits per heavy atom. The van der Waals surface area contributed by atoms with E-state index in [9.17, 15) is 4.79 Å². The Morgan fingerprint density at radius 1 is 1.55 bits per heavy atom. The van der Waals surface area contributed by atoms with Crippen molar-refractivity contribution in [2.45, 2.75) is 32.9 Å². The van der Waals surface area contributed by atoms with Crippen molar-refractivity contribution in [3.63, 3.8) is 0 Å². The van der Waals surface area contributed by atoms with Gasteiger partial charge in [0.2, 0.25) is 0 Å². The maximum atomic E-state index is 10.7. The number of hydrogen-bond donors (Lipinski definition) is 0. The Labute approximate surface area is 69.4 Å². The number of carbonyl (C=O) groups is 1. The predicted octanol–water partition coefficient (Wildman–Crippen LogP) is 2.26. The van der Waals surface area contributed by atoms with Crippen LogP contribution in [0.3, 0.4) is 0 Å². The highest BCUT2D eigenvalue weighted by Gasteiger charge is 2.29. The molecular formula is C8H16O2Si. The lowest BCUT2D eigenvalue weighted by Gasteiger charge is -2.23. The molecule has 0 atom stereocenters. The van der Waals surface area contributed by atoms with Gasteiger partial charge in [0.1, 0.15) is 0 Å². The van der Waals surface area contributed by atoms with Crippen LogP contribution in [0.15, 0.2) is 12.3 Å². The molecule has 0 unspecified atom stereocenters. The van der Waals surface area contributed by atoms with Gasteiger partial charge >= 0.3 is 0 Å². The molecular weight excluding hydrogens is 156 g/mol. The summed E-state index contributed by atoms with van der Waals surface area (Å²) in [7, 11) is -1.87. The summed E-state index contributed by atoms with van der Waals surface area (Å²) in [5, 5.41) is 0. The van der Waals surface area contributed by atoms with Crippen LogP contribution in [0.1, 0.15) is 20.8 Å². The molecule has 0 aromatic carbocycles. The first-order chi connectivity index (χ1) is 5.10. The maximum Gasteiger partial charge on any atom is 0.289 e. The highest BCUT2D eigenvalue weighted by Crippen LogP contribution is 2.17. The van der Waals surface area contributed by atoms with Crippen LogP contribution in [-0.2, 0) is 9.22 Å². The fourth-order valence-corrected chi connectivity index (χ4v) is 3.03. The molecule has 0 saturated heterocycles. The number of hydrogen-bond acceptors (Lipinski definition) is 2. The molecule has 0 aromatic heterocycles. The third-order valence-electron chi connectivity index (χ3n) is 1.92. The molecule has 0 aliphatic rings. The molecule has 0 bridgehead atoms. The zero-order chi connectivity index (χ0) is 8.91. The summed E-state index contributed by atoms with van der Waals surface area (Å²) < 4.78 is 5.27. The van der Waals surface area contributed by atoms with E-state index >= 15 is 0 Å². The summed E-state index contributed by atoms with van der Waals surface area (Å²) in [5.74, 6) is -0.180. The lowest BCUT2D eigenvalue weighted by molar-refractivity contribution is -0.132. The minimum Gasteiger partial charge on any atom is -0.515 e. The minimum atomic E-state index is -1.87. The van der Waals surface area contributed by atoms with E-state index in [4.69, 9.17) is 4.43 Å². The lowest BCUT2D eigenvalue weighted by atomic mass is 10.9. The maximum absolute atomic E-state index is 10.7. The van der Waals surface area contributed by atoms with Crippen molar-refractivity contribution in [3.8, 4) is 0 Å². The largest absolute Gasteiger partial charge is 0.515 e. The Bertz CT molecular complexity index is 150. The first-order valence-corrected chi connectivity index (χ1v) is 6.33. The molecule has 2 nitrogen and oxygen atoms in total. The zero-order valence-electron chi connectivity index (χ0n) is 7.52. The number of carbonyl (C=O) groups excluding carboxylic acids is 1. The van der Waals surface area contributed by atoms with Gasteiger partial charge in [0.05, 0.1) is 0 Å². The van der Waals surface area contributed by atoms with Crippen LogP contribution >= 0.6 is 0 Å². The van der Waals surface area contributed by atoms with Crippen molar-refractivity contribution < 1.29 is 9.22 Å². The second-order valence-corrected chi connectivity index (χ2v) is 6.73. The average molecular weight is 172 g/mol. The summed E-state index contributed by atoms with van der Waals surface area (Å²) in [6.45, 7) is 9.25. The zero-order valence-corrected chi connectivity index (χ0v) is 8.52. The SMILES string of the molecule is C=C[Si](CC)(CC)OC(C)=O. The van der Waals surface area contributed by atoms with Crippen LogP contribution in [0.2, 0.25) is 12.1 Å². The monoisotopic (exact) mass is 172 g/mol. The van der Waals surface area contributed by atoms with E-state index in [-0.39, 0.29) is 5.97 Å². The third-order valence-corrected chi connectivity index (χ3v) is 5.75. The van der Waals surface area contributed by atoms with Gasteiger partial charge in [0.25, 0.3) is 14.3 Å². The smallest absolute Gasteiger partial charge is 0.289 e. The average Bonchev–Trinajstić information content (AvgIpc) is 2.00. The first-order valence-electron chi connectivity index (χ1n) is 3.93. The van der Waals surface area contributed by atoms with Gasteiger partial charge in [0.15, 0.2) is 0 Å². The molecule has 0 fully saturated rings. The summed E-state index contributed by atoms with van der Waals surface area (Å²) in [4.78, 5) is 10.7. The van der Waals surface area contributed by atoms with Crippen molar-refractivity contribution in [3.05, 3.63) is 12.3 Å². The lowest BCUT2D eigenvalue weighted by Crippen LogP contribution is -2.36. The summed E-state index contributed by atoms with van der Waals surface area (Å²) in [6.07, 6.45) is 0. The van der Waals surface area contributed by atoms with Crippen LogP contribution in [0.5, 0.6) is 0 Å². The van der Waals surface area contributed by atoms with Gasteiger partial charge < -0.3 is 4.43 Å². The molecule has 0 spiro atoms. The molecule has 0 N–H and O–H groups in total. The van der Waals surface area contributed by atoms with Crippen LogP contribution < -0.4 is 0 Å². The van der Waals surface area contributed by atoms with Gasteiger partial charge in [-0.1, -0.05) is 19.5 Å². The Morgan fingerprint density at radius 2 is 2.00 bits per heavy atom. The topological polar surface area (TPSA) is 26.3 Å². The second-order valence-electron chi connectivity index (χ2n) is 2.57. The van der Waals surface area contributed by atoms with Crippen molar-refractivity contribution >= 4 is 14.3 Å². The van der Waals surface area contributed by atoms with E-state index in [1.54, 1.807) is 0 Å². The van der Waals surface area contributed by atoms with E-state index in [0.29, 0.717) is 0 Å². The minimum absolute atomic E-state index is 0.180. The normalized spacial score (nSPS) is 10.8. The first kappa shape index (κ1) is 10.4. The Balaban J connectivity index is 4.28. The van der Waals surface area contributed by atoms with E-state index in [1.807, 2.05) is 19.5 Å². The molecule has 0 rings (SSSR count). The van der Waals surface area contributed by atoms with Gasteiger partial charge in [-0.15, -0.1) is 6.58 Å². The van der Waals surface area contributed by atoms with Crippen molar-refractivity contribution in [2.24, 2.45) is 0 Å². The van der Waals surface area contributed by atoms with Crippen LogP contribution in [0, 0.1) is 0 Å². The van der Waals surface area contributed by atoms with E-state index in [2.05, 4.69) is 6.58 Å². The molecule has 64 valence electrons. The fourth-order valence-electron chi connectivity index (χ4n) is 1.01. The van der Waals surface area contributed by atoms with Crippen LogP contribution in [0.25, 0.3) is 0 Å². The second kappa shape index (κ2) is 4.33. The molecule has 0 aliphatic heterocycles. The van der Waals surface area contributed by atoms with Gasteiger partial charge in [-0.25, -0.2) is 0 Å². The van der Waals surface area contributed by atoms with Crippen molar-refractivity contribution in [1.29, 1.82) is 0 Å². The van der Waals surface area contributed by atoms with Crippen molar-refractivity contribution in [2.75, 3.05) is 0 Å². The summed E-state index contributed by atoms with van der Waals surface area (Å²) in [5.41, 5.74) is 1.84. The quantitative estimate of drug-likeness (QED) is 0.608. The van der Waals surface area contributed by atoms with E-state index < -0.39 is 8.32 Å². The fraction of sp³-hybridized carbons (Fsp3) is 0.625. The van der Waals surface area contributed by atoms with Gasteiger partial charge in [-0.05, 0) is 12.1 Å². The third kappa shape index (κ3) is 2.88. The van der Waals surface area contributed by atoms with E-state index in [0.717, 1.165) is 12.1 Å². The molecule has 0 heterocycles. The molecule has 0 aromatic rings. The molecule has 0 aliphatic carbocycles. The molecule has 0 radical (unpaired) electrons. The molecule has 0 amide bonds. The van der Waals surface area contributed by atoms with E-state index in [1.165, 1.54) is 6.92 Å². The Kier molecular flexibility index (Phi) is 4.11. The molecule has 11 heavy (non-hydrogen) atoms. The molecule has 3 heteroatoms. The highest BCUT2D eigenvalue weighted by atomic mass is 28.4. The van der Waals surface area contributed by atoms with Gasteiger partial charge in [-0.2, -0.15) is 0 Å². The number of rotatable bonds is 4. The standard InChI is InChI=1S/C8H16O2Si/c1-5-11(6-2,7-3)10-8(4)9/h5H,1,6-7H2,2-4H3. The van der Waals surface area contributed by atoms with Crippen LogP contribution in [-0.4, -0.2) is 14.3 Å². The van der Waals surface area contributed by atoms with Gasteiger partial charge in [0, 0.05) is 6.92 Å². The van der Waals surface area contributed by atoms with Crippen molar-refractivity contribution in [1.82, 2.24) is 0 Å². The highest BCUT2D eigenvalue weighted by molar-refractivity contribution is 6.79. The Hall–Kier alpha value is -0.573. The van der Waals surface area contributed by atoms with Crippen LogP contribution in [0.4, 0.5) is 0 Å². The van der Waals surface area contributed by atoms with Gasteiger partial charge in [-0.3, -0.25) is 4.79 Å². The molecule has 0 saturated carbocycles. The predicted molar refractivity (Wildman–Crippen MR) is 48.7 cm³/mol.